The van der Waals surface area contributed by atoms with Gasteiger partial charge in [-0.1, -0.05) is 6.07 Å². The van der Waals surface area contributed by atoms with Gasteiger partial charge in [0.05, 0.1) is 18.7 Å². The first-order valence-corrected chi connectivity index (χ1v) is 8.84. The Kier molecular flexibility index (Phi) is 5.01. The molecule has 10 heteroatoms. The summed E-state index contributed by atoms with van der Waals surface area (Å²) >= 11 is 0. The third-order valence-corrected chi connectivity index (χ3v) is 4.23. The normalized spacial score (nSPS) is 13.4. The largest absolute Gasteiger partial charge is 0.486 e. The van der Waals surface area contributed by atoms with Crippen LogP contribution in [0.5, 0.6) is 11.5 Å². The first-order chi connectivity index (χ1) is 13.9. The molecular weight excluding hydrogens is 389 g/mol. The molecule has 0 spiro atoms. The maximum absolute atomic E-state index is 12.9. The third kappa shape index (κ3) is 4.11. The molecule has 0 radical (unpaired) electrons. The van der Waals surface area contributed by atoms with Gasteiger partial charge in [-0.15, -0.1) is 5.10 Å². The second-order valence-electron chi connectivity index (χ2n) is 6.27. The Morgan fingerprint density at radius 1 is 1.07 bits per heavy atom. The van der Waals surface area contributed by atoms with Crippen molar-refractivity contribution in [1.29, 1.82) is 0 Å². The van der Waals surface area contributed by atoms with Gasteiger partial charge in [-0.05, 0) is 36.4 Å². The first kappa shape index (κ1) is 19.1. The summed E-state index contributed by atoms with van der Waals surface area (Å²) in [4.78, 5) is 4.39. The average molecular weight is 406 g/mol. The van der Waals surface area contributed by atoms with Gasteiger partial charge in [0.25, 0.3) is 0 Å². The lowest BCUT2D eigenvalue weighted by molar-refractivity contribution is -0.137. The summed E-state index contributed by atoms with van der Waals surface area (Å²) < 4.78 is 51.3. The Bertz CT molecular complexity index is 1020. The number of benzene rings is 2. The maximum Gasteiger partial charge on any atom is 0.416 e. The first-order valence-electron chi connectivity index (χ1n) is 8.84. The molecule has 0 bridgehead atoms. The lowest BCUT2D eigenvalue weighted by Crippen LogP contribution is -2.15. The number of nitrogens with one attached hydrogen (secondary N) is 1. The predicted molar refractivity (Wildman–Crippen MR) is 98.3 cm³/mol. The van der Waals surface area contributed by atoms with Crippen LogP contribution in [0.2, 0.25) is 0 Å². The number of ether oxygens (including phenoxy) is 2. The van der Waals surface area contributed by atoms with Gasteiger partial charge in [0, 0.05) is 11.3 Å². The quantitative estimate of drug-likeness (QED) is 0.675. The van der Waals surface area contributed by atoms with Crippen LogP contribution in [0.3, 0.4) is 0 Å². The molecule has 2 N–H and O–H groups in total. The summed E-state index contributed by atoms with van der Waals surface area (Å²) in [7, 11) is 0. The minimum Gasteiger partial charge on any atom is -0.486 e. The zero-order valence-corrected chi connectivity index (χ0v) is 15.1. The molecular formula is C19H17F3N4O3. The summed E-state index contributed by atoms with van der Waals surface area (Å²) in [6, 6.07) is 10.0. The van der Waals surface area contributed by atoms with Crippen molar-refractivity contribution in [2.45, 2.75) is 12.7 Å². The standard InChI is InChI=1S/C19H17F3N4O3/c20-19(21,22)13-2-1-3-14(11-13)23-18-24-17(26(25-18)6-7-27)12-4-5-15-16(10-12)29-9-8-28-15/h1-5,10-11,27H,6-9H2,(H,23,25). The van der Waals surface area contributed by atoms with Crippen molar-refractivity contribution in [3.63, 3.8) is 0 Å². The average Bonchev–Trinajstić information content (AvgIpc) is 3.10. The van der Waals surface area contributed by atoms with Crippen LogP contribution in [0.1, 0.15) is 5.56 Å². The minimum atomic E-state index is -4.45. The van der Waals surface area contributed by atoms with Gasteiger partial charge in [0.2, 0.25) is 5.95 Å². The monoisotopic (exact) mass is 406 g/mol. The molecule has 7 nitrogen and oxygen atoms in total. The summed E-state index contributed by atoms with van der Waals surface area (Å²) in [6.45, 7) is 0.894. The summed E-state index contributed by atoms with van der Waals surface area (Å²) in [5, 5.41) is 16.4. The van der Waals surface area contributed by atoms with E-state index in [1.807, 2.05) is 0 Å². The van der Waals surface area contributed by atoms with E-state index < -0.39 is 11.7 Å². The van der Waals surface area contributed by atoms with Gasteiger partial charge in [0.1, 0.15) is 13.2 Å². The minimum absolute atomic E-state index is 0.114. The molecule has 1 aromatic heterocycles. The molecule has 1 aliphatic heterocycles. The van der Waals surface area contributed by atoms with Crippen molar-refractivity contribution in [3.8, 4) is 22.9 Å². The van der Waals surface area contributed by atoms with Crippen molar-refractivity contribution < 1.29 is 27.8 Å². The number of rotatable bonds is 5. The fourth-order valence-corrected chi connectivity index (χ4v) is 2.94. The fourth-order valence-electron chi connectivity index (χ4n) is 2.94. The molecule has 1 aliphatic rings. The van der Waals surface area contributed by atoms with Crippen molar-refractivity contribution >= 4 is 11.6 Å². The molecule has 29 heavy (non-hydrogen) atoms. The number of aromatic nitrogens is 3. The highest BCUT2D eigenvalue weighted by atomic mass is 19.4. The number of anilines is 2. The van der Waals surface area contributed by atoms with Gasteiger partial charge < -0.3 is 19.9 Å². The van der Waals surface area contributed by atoms with E-state index in [4.69, 9.17) is 9.47 Å². The molecule has 4 rings (SSSR count). The molecule has 0 atom stereocenters. The number of hydrogen-bond donors (Lipinski definition) is 2. The number of nitrogens with zero attached hydrogens (tertiary/aromatic N) is 3. The Morgan fingerprint density at radius 2 is 1.86 bits per heavy atom. The zero-order chi connectivity index (χ0) is 20.4. The van der Waals surface area contributed by atoms with Crippen LogP contribution in [0.4, 0.5) is 24.8 Å². The van der Waals surface area contributed by atoms with E-state index in [1.54, 1.807) is 18.2 Å². The van der Waals surface area contributed by atoms with E-state index >= 15 is 0 Å². The van der Waals surface area contributed by atoms with E-state index in [-0.39, 0.29) is 24.8 Å². The molecule has 0 aliphatic carbocycles. The summed E-state index contributed by atoms with van der Waals surface area (Å²) in [5.41, 5.74) is 0.103. The van der Waals surface area contributed by atoms with Gasteiger partial charge in [-0.2, -0.15) is 18.2 Å². The van der Waals surface area contributed by atoms with Crippen molar-refractivity contribution in [2.75, 3.05) is 25.1 Å². The van der Waals surface area contributed by atoms with Crippen molar-refractivity contribution in [1.82, 2.24) is 14.8 Å². The smallest absolute Gasteiger partial charge is 0.416 e. The van der Waals surface area contributed by atoms with Crippen LogP contribution < -0.4 is 14.8 Å². The predicted octanol–water partition coefficient (Wildman–Crippen LogP) is 3.47. The maximum atomic E-state index is 12.9. The van der Waals surface area contributed by atoms with E-state index in [1.165, 1.54) is 16.8 Å². The second kappa shape index (κ2) is 7.63. The van der Waals surface area contributed by atoms with E-state index in [2.05, 4.69) is 15.4 Å². The fraction of sp³-hybridized carbons (Fsp3) is 0.263. The van der Waals surface area contributed by atoms with Gasteiger partial charge in [-0.25, -0.2) is 4.68 Å². The Hall–Kier alpha value is -3.27. The summed E-state index contributed by atoms with van der Waals surface area (Å²) in [6.07, 6.45) is -4.45. The molecule has 0 saturated carbocycles. The van der Waals surface area contributed by atoms with E-state index in [0.717, 1.165) is 12.1 Å². The Balaban J connectivity index is 1.65. The van der Waals surface area contributed by atoms with Crippen LogP contribution in [0, 0.1) is 0 Å². The van der Waals surface area contributed by atoms with E-state index in [0.29, 0.717) is 36.1 Å². The number of alkyl halides is 3. The third-order valence-electron chi connectivity index (χ3n) is 4.23. The van der Waals surface area contributed by atoms with Crippen molar-refractivity contribution in [2.24, 2.45) is 0 Å². The molecule has 2 aromatic carbocycles. The molecule has 0 saturated heterocycles. The Morgan fingerprint density at radius 3 is 2.62 bits per heavy atom. The molecule has 152 valence electrons. The van der Waals surface area contributed by atoms with Crippen molar-refractivity contribution in [3.05, 3.63) is 48.0 Å². The highest BCUT2D eigenvalue weighted by Crippen LogP contribution is 2.35. The molecule has 0 unspecified atom stereocenters. The van der Waals surface area contributed by atoms with Crippen LogP contribution in [0.15, 0.2) is 42.5 Å². The Labute approximate surface area is 163 Å². The highest BCUT2D eigenvalue weighted by Gasteiger charge is 2.30. The molecule has 0 amide bonds. The van der Waals surface area contributed by atoms with E-state index in [9.17, 15) is 18.3 Å². The van der Waals surface area contributed by atoms with Crippen LogP contribution in [-0.2, 0) is 12.7 Å². The number of fused-ring (bicyclic) bond motifs is 1. The van der Waals surface area contributed by atoms with Gasteiger partial charge >= 0.3 is 6.18 Å². The van der Waals surface area contributed by atoms with Crippen LogP contribution in [0.25, 0.3) is 11.4 Å². The van der Waals surface area contributed by atoms with Gasteiger partial charge in [-0.3, -0.25) is 0 Å². The zero-order valence-electron chi connectivity index (χ0n) is 15.1. The lowest BCUT2D eigenvalue weighted by Gasteiger charge is -2.18. The number of halogens is 3. The van der Waals surface area contributed by atoms with Gasteiger partial charge in [0.15, 0.2) is 17.3 Å². The molecule has 3 aromatic rings. The molecule has 2 heterocycles. The lowest BCUT2D eigenvalue weighted by atomic mass is 10.2. The van der Waals surface area contributed by atoms with Crippen LogP contribution >= 0.6 is 0 Å². The summed E-state index contributed by atoms with van der Waals surface area (Å²) in [5.74, 6) is 1.74. The molecule has 0 fully saturated rings. The SMILES string of the molecule is OCCn1nc(Nc2cccc(C(F)(F)F)c2)nc1-c1ccc2c(c1)OCCO2. The second-order valence-corrected chi connectivity index (χ2v) is 6.27. The highest BCUT2D eigenvalue weighted by molar-refractivity contribution is 5.64. The number of aliphatic hydroxyl groups excluding tert-OH is 1. The number of hydrogen-bond acceptors (Lipinski definition) is 6. The topological polar surface area (TPSA) is 81.4 Å². The number of aliphatic hydroxyl groups is 1. The van der Waals surface area contributed by atoms with Crippen LogP contribution in [-0.4, -0.2) is 39.7 Å².